The van der Waals surface area contributed by atoms with E-state index in [1.807, 2.05) is 18.2 Å². The van der Waals surface area contributed by atoms with Gasteiger partial charge in [-0.25, -0.2) is 9.69 Å². The van der Waals surface area contributed by atoms with Crippen LogP contribution in [0.1, 0.15) is 6.92 Å². The number of anilines is 1. The van der Waals surface area contributed by atoms with Crippen molar-refractivity contribution in [3.05, 3.63) is 42.5 Å². The minimum Gasteiger partial charge on any atom is -0.450 e. The lowest BCUT2D eigenvalue weighted by Crippen LogP contribution is -2.58. The molecule has 3 heterocycles. The molecule has 6 heteroatoms. The molecule has 2 saturated heterocycles. The predicted molar refractivity (Wildman–Crippen MR) is 86.1 cm³/mol. The maximum absolute atomic E-state index is 13.0. The molecule has 0 saturated carbocycles. The first-order valence-corrected chi connectivity index (χ1v) is 8.18. The van der Waals surface area contributed by atoms with Gasteiger partial charge in [-0.1, -0.05) is 30.4 Å². The van der Waals surface area contributed by atoms with Crippen LogP contribution in [-0.4, -0.2) is 42.0 Å². The summed E-state index contributed by atoms with van der Waals surface area (Å²) in [6.45, 7) is 2.45. The third kappa shape index (κ3) is 1.99. The SMILES string of the molecule is CCOC(=O)N1C[C@@H]2C=C[C@H]1[C@H]1C(=O)N(c3ccccc3)C(=O)[C@H]12. The second-order valence-corrected chi connectivity index (χ2v) is 6.29. The summed E-state index contributed by atoms with van der Waals surface area (Å²) < 4.78 is 5.10. The molecule has 0 spiro atoms. The fraction of sp³-hybridized carbons (Fsp3) is 0.389. The van der Waals surface area contributed by atoms with Crippen molar-refractivity contribution in [3.8, 4) is 0 Å². The number of imide groups is 1. The van der Waals surface area contributed by atoms with Gasteiger partial charge >= 0.3 is 6.09 Å². The van der Waals surface area contributed by atoms with Gasteiger partial charge in [0.15, 0.2) is 0 Å². The highest BCUT2D eigenvalue weighted by Crippen LogP contribution is 2.46. The summed E-state index contributed by atoms with van der Waals surface area (Å²) in [7, 11) is 0. The maximum Gasteiger partial charge on any atom is 0.410 e. The van der Waals surface area contributed by atoms with E-state index in [9.17, 15) is 14.4 Å². The Morgan fingerprint density at radius 2 is 1.83 bits per heavy atom. The minimum absolute atomic E-state index is 0.144. The molecule has 4 atom stereocenters. The molecule has 0 radical (unpaired) electrons. The monoisotopic (exact) mass is 326 g/mol. The quantitative estimate of drug-likeness (QED) is 0.614. The molecule has 2 bridgehead atoms. The van der Waals surface area contributed by atoms with Crippen molar-refractivity contribution in [2.24, 2.45) is 17.8 Å². The topological polar surface area (TPSA) is 66.9 Å². The summed E-state index contributed by atoms with van der Waals surface area (Å²) in [5, 5.41) is 0. The predicted octanol–water partition coefficient (Wildman–Crippen LogP) is 1.82. The van der Waals surface area contributed by atoms with E-state index in [1.165, 1.54) is 4.90 Å². The first kappa shape index (κ1) is 14.9. The average Bonchev–Trinajstić information content (AvgIpc) is 2.89. The average molecular weight is 326 g/mol. The van der Waals surface area contributed by atoms with Crippen LogP contribution in [0.25, 0.3) is 0 Å². The fourth-order valence-corrected chi connectivity index (χ4v) is 4.07. The first-order valence-electron chi connectivity index (χ1n) is 8.18. The molecule has 24 heavy (non-hydrogen) atoms. The van der Waals surface area contributed by atoms with Crippen LogP contribution in [0.3, 0.4) is 0 Å². The first-order chi connectivity index (χ1) is 11.6. The number of nitrogens with zero attached hydrogens (tertiary/aromatic N) is 2. The summed E-state index contributed by atoms with van der Waals surface area (Å²) in [5.41, 5.74) is 0.587. The van der Waals surface area contributed by atoms with E-state index in [-0.39, 0.29) is 24.3 Å². The van der Waals surface area contributed by atoms with E-state index in [0.29, 0.717) is 12.2 Å². The summed E-state index contributed by atoms with van der Waals surface area (Å²) in [5.74, 6) is -1.46. The highest BCUT2D eigenvalue weighted by Gasteiger charge is 2.60. The van der Waals surface area contributed by atoms with E-state index in [1.54, 1.807) is 36.1 Å². The molecule has 124 valence electrons. The largest absolute Gasteiger partial charge is 0.450 e. The van der Waals surface area contributed by atoms with E-state index in [4.69, 9.17) is 4.74 Å². The number of rotatable bonds is 2. The summed E-state index contributed by atoms with van der Waals surface area (Å²) in [6.07, 6.45) is 3.40. The molecule has 0 unspecified atom stereocenters. The second-order valence-electron chi connectivity index (χ2n) is 6.29. The van der Waals surface area contributed by atoms with Crippen molar-refractivity contribution in [2.45, 2.75) is 13.0 Å². The molecule has 3 amide bonds. The highest BCUT2D eigenvalue weighted by molar-refractivity contribution is 6.22. The molecule has 0 aromatic heterocycles. The van der Waals surface area contributed by atoms with Crippen molar-refractivity contribution in [3.63, 3.8) is 0 Å². The lowest BCUT2D eigenvalue weighted by Gasteiger charge is -2.45. The van der Waals surface area contributed by atoms with Crippen molar-refractivity contribution >= 4 is 23.6 Å². The number of piperidine rings is 1. The third-order valence-electron chi connectivity index (χ3n) is 5.07. The lowest BCUT2D eigenvalue weighted by atomic mass is 9.70. The molecule has 2 fully saturated rings. The minimum atomic E-state index is -0.522. The van der Waals surface area contributed by atoms with Gasteiger partial charge in [-0.3, -0.25) is 9.59 Å². The summed E-state index contributed by atoms with van der Waals surface area (Å²) in [6, 6.07) is 8.54. The smallest absolute Gasteiger partial charge is 0.410 e. The van der Waals surface area contributed by atoms with Gasteiger partial charge in [0.1, 0.15) is 0 Å². The van der Waals surface area contributed by atoms with Gasteiger partial charge in [0, 0.05) is 12.5 Å². The number of hydrogen-bond acceptors (Lipinski definition) is 4. The van der Waals surface area contributed by atoms with Crippen molar-refractivity contribution < 1.29 is 19.1 Å². The molecule has 1 aliphatic carbocycles. The zero-order valence-electron chi connectivity index (χ0n) is 13.3. The van der Waals surface area contributed by atoms with Crippen LogP contribution in [-0.2, 0) is 14.3 Å². The Bertz CT molecular complexity index is 730. The summed E-state index contributed by atoms with van der Waals surface area (Å²) in [4.78, 5) is 40.9. The van der Waals surface area contributed by atoms with Gasteiger partial charge in [-0.2, -0.15) is 0 Å². The molecular weight excluding hydrogens is 308 g/mol. The van der Waals surface area contributed by atoms with Gasteiger partial charge in [0.2, 0.25) is 11.8 Å². The number of hydrogen-bond donors (Lipinski definition) is 0. The Morgan fingerprint density at radius 3 is 2.54 bits per heavy atom. The zero-order chi connectivity index (χ0) is 16.8. The van der Waals surface area contributed by atoms with Crippen LogP contribution < -0.4 is 4.90 Å². The van der Waals surface area contributed by atoms with Gasteiger partial charge in [0.05, 0.1) is 30.2 Å². The molecular formula is C18H18N2O4. The van der Waals surface area contributed by atoms with E-state index in [0.717, 1.165) is 0 Å². The number of para-hydroxylation sites is 1. The third-order valence-corrected chi connectivity index (χ3v) is 5.07. The van der Waals surface area contributed by atoms with Crippen LogP contribution in [0, 0.1) is 17.8 Å². The van der Waals surface area contributed by atoms with Crippen LogP contribution in [0.15, 0.2) is 42.5 Å². The molecule has 1 aromatic rings. The van der Waals surface area contributed by atoms with Crippen molar-refractivity contribution in [1.29, 1.82) is 0 Å². The molecule has 6 nitrogen and oxygen atoms in total. The number of carbonyl (C=O) groups is 3. The van der Waals surface area contributed by atoms with Crippen LogP contribution in [0.4, 0.5) is 10.5 Å². The van der Waals surface area contributed by atoms with Gasteiger partial charge in [-0.05, 0) is 19.1 Å². The maximum atomic E-state index is 13.0. The molecule has 3 aliphatic heterocycles. The van der Waals surface area contributed by atoms with E-state index < -0.39 is 24.0 Å². The number of carbonyl (C=O) groups excluding carboxylic acids is 3. The molecule has 1 aromatic carbocycles. The number of fused-ring (bicyclic) bond motifs is 1. The Hall–Kier alpha value is -2.63. The van der Waals surface area contributed by atoms with Crippen molar-refractivity contribution in [2.75, 3.05) is 18.1 Å². The highest BCUT2D eigenvalue weighted by atomic mass is 16.6. The Morgan fingerprint density at radius 1 is 1.12 bits per heavy atom. The zero-order valence-corrected chi connectivity index (χ0v) is 13.3. The number of benzene rings is 1. The fourth-order valence-electron chi connectivity index (χ4n) is 4.07. The number of ether oxygens (including phenoxy) is 1. The second kappa shape index (κ2) is 5.47. The van der Waals surface area contributed by atoms with Crippen LogP contribution in [0.2, 0.25) is 0 Å². The van der Waals surface area contributed by atoms with E-state index in [2.05, 4.69) is 0 Å². The molecule has 4 aliphatic rings. The normalized spacial score (nSPS) is 30.7. The Kier molecular flexibility index (Phi) is 3.40. The standard InChI is InChI=1S/C18H18N2O4/c1-2-24-18(23)19-10-11-8-9-13(19)15-14(11)16(21)20(17(15)22)12-6-4-3-5-7-12/h3-9,11,13-15H,2,10H2,1H3/t11-,13-,14-,15+/m0/s1. The number of amides is 3. The summed E-state index contributed by atoms with van der Waals surface area (Å²) >= 11 is 0. The Balaban J connectivity index is 1.69. The van der Waals surface area contributed by atoms with Crippen molar-refractivity contribution in [1.82, 2.24) is 4.90 Å². The molecule has 0 N–H and O–H groups in total. The van der Waals surface area contributed by atoms with Crippen LogP contribution in [0.5, 0.6) is 0 Å². The van der Waals surface area contributed by atoms with Crippen LogP contribution >= 0.6 is 0 Å². The Labute approximate surface area is 139 Å². The molecule has 5 rings (SSSR count). The van der Waals surface area contributed by atoms with E-state index >= 15 is 0 Å². The van der Waals surface area contributed by atoms with Gasteiger partial charge in [0.25, 0.3) is 0 Å². The lowest BCUT2D eigenvalue weighted by molar-refractivity contribution is -0.126. The van der Waals surface area contributed by atoms with Gasteiger partial charge in [-0.15, -0.1) is 0 Å². The van der Waals surface area contributed by atoms with Gasteiger partial charge < -0.3 is 9.64 Å².